The third kappa shape index (κ3) is 40000. The van der Waals surface area contributed by atoms with Gasteiger partial charge in [0.2, 0.25) is 0 Å². The monoisotopic (exact) mass is 199 g/mol. The predicted octanol–water partition coefficient (Wildman–Crippen LogP) is 2.35. The van der Waals surface area contributed by atoms with Crippen LogP contribution in [0.4, 0.5) is 26.3 Å². The summed E-state index contributed by atoms with van der Waals surface area (Å²) in [6.07, 6.45) is 0. The molecule has 0 saturated carbocycles. The first-order valence-electron chi connectivity index (χ1n) is 1.31. The zero-order valence-corrected chi connectivity index (χ0v) is 4.80. The fraction of sp³-hybridized carbons (Fsp3) is 1.00. The van der Waals surface area contributed by atoms with Crippen molar-refractivity contribution in [1.29, 1.82) is 0 Å². The van der Waals surface area contributed by atoms with E-state index in [1.807, 2.05) is 0 Å². The molecule has 61 valence electrons. The predicted molar refractivity (Wildman–Crippen MR) is 14.2 cm³/mol. The van der Waals surface area contributed by atoms with E-state index in [2.05, 4.69) is 0 Å². The Morgan fingerprint density at radius 2 is 0.556 bits per heavy atom. The molecule has 0 N–H and O–H groups in total. The fourth-order valence-corrected chi connectivity index (χ4v) is 0. The van der Waals surface area contributed by atoms with Crippen LogP contribution in [-0.2, 0) is 16.8 Å². The summed E-state index contributed by atoms with van der Waals surface area (Å²) in [5, 5.41) is 0. The van der Waals surface area contributed by atoms with Gasteiger partial charge in [0, 0.05) is 16.8 Å². The standard InChI is InChI=1S/2CHF3.Co/c2*2-1(3)4;/h2*1H;. The molecule has 0 nitrogen and oxygen atoms in total. The molecular formula is C2H2CoF6. The molecule has 7 heteroatoms. The van der Waals surface area contributed by atoms with Crippen LogP contribution in [0.25, 0.3) is 0 Å². The summed E-state index contributed by atoms with van der Waals surface area (Å²) in [4.78, 5) is 0. The van der Waals surface area contributed by atoms with Crippen LogP contribution in [0.5, 0.6) is 0 Å². The second kappa shape index (κ2) is 11.0. The minimum Gasteiger partial charge on any atom is -0.174 e. The molecule has 0 atom stereocenters. The van der Waals surface area contributed by atoms with Crippen molar-refractivity contribution in [3.05, 3.63) is 0 Å². The molecule has 0 aliphatic rings. The molecule has 9 heavy (non-hydrogen) atoms. The first kappa shape index (κ1) is 16.0. The smallest absolute Gasteiger partial charge is 0.174 e. The van der Waals surface area contributed by atoms with Gasteiger partial charge in [0.05, 0.1) is 0 Å². The van der Waals surface area contributed by atoms with E-state index in [4.69, 9.17) is 0 Å². The van der Waals surface area contributed by atoms with Gasteiger partial charge in [-0.25, -0.2) is 0 Å². The van der Waals surface area contributed by atoms with Crippen molar-refractivity contribution in [2.45, 2.75) is 13.4 Å². The Bertz CT molecular complexity index is 26.5. The van der Waals surface area contributed by atoms with Crippen LogP contribution in [-0.4, -0.2) is 13.4 Å². The van der Waals surface area contributed by atoms with E-state index in [0.29, 0.717) is 0 Å². The molecule has 0 rings (SSSR count). The molecule has 0 heterocycles. The first-order chi connectivity index (χ1) is 3.46. The van der Waals surface area contributed by atoms with Crippen LogP contribution in [0.2, 0.25) is 0 Å². The van der Waals surface area contributed by atoms with Gasteiger partial charge in [-0.05, 0) is 0 Å². The Balaban J connectivity index is -0.0000000720. The quantitative estimate of drug-likeness (QED) is 0.525. The van der Waals surface area contributed by atoms with E-state index < -0.39 is 13.4 Å². The van der Waals surface area contributed by atoms with Crippen molar-refractivity contribution < 1.29 is 43.1 Å². The maximum atomic E-state index is 9.67. The molecule has 1 radical (unpaired) electrons. The summed E-state index contributed by atoms with van der Waals surface area (Å²) < 4.78 is 58.0. The maximum Gasteiger partial charge on any atom is 0.379 e. The van der Waals surface area contributed by atoms with Crippen LogP contribution in [0.1, 0.15) is 0 Å². The number of rotatable bonds is 0. The molecule has 0 aliphatic heterocycles. The van der Waals surface area contributed by atoms with Crippen LogP contribution in [0.15, 0.2) is 0 Å². The van der Waals surface area contributed by atoms with Gasteiger partial charge in [-0.3, -0.25) is 0 Å². The SMILES string of the molecule is FC(F)F.FC(F)F.[Co]. The van der Waals surface area contributed by atoms with Crippen molar-refractivity contribution in [2.75, 3.05) is 0 Å². The normalized spacial score (nSPS) is 8.00. The Kier molecular flexibility index (Phi) is 19.5. The minimum atomic E-state index is -3.67. The summed E-state index contributed by atoms with van der Waals surface area (Å²) in [6.45, 7) is -7.33. The topological polar surface area (TPSA) is 0 Å². The van der Waals surface area contributed by atoms with Crippen molar-refractivity contribution in [1.82, 2.24) is 0 Å². The van der Waals surface area contributed by atoms with Gasteiger partial charge < -0.3 is 0 Å². The Morgan fingerprint density at radius 3 is 0.556 bits per heavy atom. The zero-order valence-electron chi connectivity index (χ0n) is 3.76. The molecule has 0 spiro atoms. The van der Waals surface area contributed by atoms with Crippen LogP contribution < -0.4 is 0 Å². The van der Waals surface area contributed by atoms with Crippen molar-refractivity contribution in [2.24, 2.45) is 0 Å². The summed E-state index contributed by atoms with van der Waals surface area (Å²) in [5.41, 5.74) is 0. The first-order valence-corrected chi connectivity index (χ1v) is 1.31. The summed E-state index contributed by atoms with van der Waals surface area (Å²) in [7, 11) is 0. The van der Waals surface area contributed by atoms with Gasteiger partial charge in [-0.1, -0.05) is 0 Å². The van der Waals surface area contributed by atoms with Crippen LogP contribution in [0.3, 0.4) is 0 Å². The zero-order chi connectivity index (χ0) is 7.15. The Morgan fingerprint density at radius 1 is 0.556 bits per heavy atom. The van der Waals surface area contributed by atoms with E-state index in [1.54, 1.807) is 0 Å². The van der Waals surface area contributed by atoms with Crippen LogP contribution in [0, 0.1) is 0 Å². The molecule has 0 aromatic carbocycles. The molecule has 0 bridgehead atoms. The molecule has 0 fully saturated rings. The van der Waals surface area contributed by atoms with Gasteiger partial charge in [0.25, 0.3) is 0 Å². The fourth-order valence-electron chi connectivity index (χ4n) is 0. The van der Waals surface area contributed by atoms with E-state index in [1.165, 1.54) is 0 Å². The summed E-state index contributed by atoms with van der Waals surface area (Å²) >= 11 is 0. The summed E-state index contributed by atoms with van der Waals surface area (Å²) in [6, 6.07) is 0. The van der Waals surface area contributed by atoms with Gasteiger partial charge >= 0.3 is 13.4 Å². The van der Waals surface area contributed by atoms with Crippen molar-refractivity contribution in [3.8, 4) is 0 Å². The van der Waals surface area contributed by atoms with Crippen molar-refractivity contribution >= 4 is 0 Å². The number of hydrogen-bond acceptors (Lipinski definition) is 0. The van der Waals surface area contributed by atoms with Crippen LogP contribution >= 0.6 is 0 Å². The third-order valence-electron chi connectivity index (χ3n) is 0. The Labute approximate surface area is 57.4 Å². The van der Waals surface area contributed by atoms with E-state index in [-0.39, 0.29) is 16.8 Å². The number of alkyl halides is 6. The number of hydrogen-bond donors (Lipinski definition) is 0. The second-order valence-corrected chi connectivity index (χ2v) is 0.495. The van der Waals surface area contributed by atoms with Gasteiger partial charge in [-0.2, -0.15) is 26.3 Å². The van der Waals surface area contributed by atoms with E-state index in [0.717, 1.165) is 0 Å². The molecule has 0 saturated heterocycles. The average molecular weight is 199 g/mol. The maximum absolute atomic E-state index is 9.67. The largest absolute Gasteiger partial charge is 0.379 e. The second-order valence-electron chi connectivity index (χ2n) is 0.495. The minimum absolute atomic E-state index is 0. The Hall–Kier alpha value is 0.0865. The average Bonchev–Trinajstić information content (AvgIpc) is 1.25. The van der Waals surface area contributed by atoms with E-state index in [9.17, 15) is 26.3 Å². The van der Waals surface area contributed by atoms with Gasteiger partial charge in [-0.15, -0.1) is 0 Å². The molecular weight excluding hydrogens is 197 g/mol. The van der Waals surface area contributed by atoms with Gasteiger partial charge in [0.15, 0.2) is 0 Å². The van der Waals surface area contributed by atoms with Crippen molar-refractivity contribution in [3.63, 3.8) is 0 Å². The summed E-state index contributed by atoms with van der Waals surface area (Å²) in [5.74, 6) is 0. The molecule has 0 aromatic rings. The van der Waals surface area contributed by atoms with E-state index >= 15 is 0 Å². The van der Waals surface area contributed by atoms with Gasteiger partial charge in [0.1, 0.15) is 0 Å². The third-order valence-corrected chi connectivity index (χ3v) is 0. The molecule has 0 amide bonds. The molecule has 0 unspecified atom stereocenters. The molecule has 0 aromatic heterocycles. The number of halogens is 6. The molecule has 0 aliphatic carbocycles.